The maximum absolute atomic E-state index is 12.8. The molecule has 0 aliphatic carbocycles. The second-order valence-electron chi connectivity index (χ2n) is 7.46. The second kappa shape index (κ2) is 9.56. The minimum atomic E-state index is -0.308. The molecule has 1 saturated heterocycles. The number of aryl methyl sites for hydroxylation is 1. The molecule has 2 aromatic carbocycles. The average molecular weight is 396 g/mol. The normalized spacial score (nSPS) is 14.0. The number of nitrogens with one attached hydrogen (secondary N) is 1. The van der Waals surface area contributed by atoms with E-state index in [1.165, 1.54) is 5.56 Å². The number of carbonyl (C=O) groups excluding carboxylic acids is 2. The van der Waals surface area contributed by atoms with Gasteiger partial charge in [-0.3, -0.25) is 9.59 Å². The minimum absolute atomic E-state index is 0.106. The largest absolute Gasteiger partial charge is 0.484 e. The molecule has 0 aromatic heterocycles. The molecule has 1 fully saturated rings. The molecule has 154 valence electrons. The van der Waals surface area contributed by atoms with E-state index in [1.807, 2.05) is 25.1 Å². The van der Waals surface area contributed by atoms with Gasteiger partial charge in [-0.2, -0.15) is 0 Å². The molecule has 0 saturated carbocycles. The highest BCUT2D eigenvalue weighted by Crippen LogP contribution is 2.23. The summed E-state index contributed by atoms with van der Waals surface area (Å²) in [6, 6.07) is 12.9. The Morgan fingerprint density at radius 3 is 2.55 bits per heavy atom. The van der Waals surface area contributed by atoms with Crippen LogP contribution in [0.3, 0.4) is 0 Å². The number of nitrogens with zero attached hydrogens (tertiary/aromatic N) is 1. The lowest BCUT2D eigenvalue weighted by Crippen LogP contribution is -2.41. The van der Waals surface area contributed by atoms with Crippen LogP contribution in [0.25, 0.3) is 0 Å². The van der Waals surface area contributed by atoms with Gasteiger partial charge in [0.05, 0.1) is 24.5 Å². The van der Waals surface area contributed by atoms with Crippen LogP contribution in [-0.2, 0) is 9.53 Å². The van der Waals surface area contributed by atoms with Crippen molar-refractivity contribution in [1.82, 2.24) is 4.90 Å². The van der Waals surface area contributed by atoms with Crippen LogP contribution in [0.1, 0.15) is 41.3 Å². The first-order valence-electron chi connectivity index (χ1n) is 9.95. The topological polar surface area (TPSA) is 67.9 Å². The van der Waals surface area contributed by atoms with Gasteiger partial charge in [0, 0.05) is 13.1 Å². The van der Waals surface area contributed by atoms with Crippen molar-refractivity contribution in [1.29, 1.82) is 0 Å². The van der Waals surface area contributed by atoms with Crippen molar-refractivity contribution in [3.05, 3.63) is 59.2 Å². The summed E-state index contributed by atoms with van der Waals surface area (Å²) in [5, 5.41) is 2.80. The summed E-state index contributed by atoms with van der Waals surface area (Å²) in [5.74, 6) is 0.676. The van der Waals surface area contributed by atoms with Crippen LogP contribution < -0.4 is 10.1 Å². The van der Waals surface area contributed by atoms with Crippen LogP contribution in [0.4, 0.5) is 5.69 Å². The molecule has 0 unspecified atom stereocenters. The first-order chi connectivity index (χ1) is 14.0. The number of anilines is 1. The molecule has 6 heteroatoms. The number of hydrogen-bond donors (Lipinski definition) is 1. The zero-order valence-electron chi connectivity index (χ0n) is 17.2. The van der Waals surface area contributed by atoms with Crippen LogP contribution in [0, 0.1) is 6.92 Å². The molecule has 0 spiro atoms. The van der Waals surface area contributed by atoms with Crippen LogP contribution in [0.5, 0.6) is 5.75 Å². The van der Waals surface area contributed by atoms with Crippen molar-refractivity contribution in [3.63, 3.8) is 0 Å². The van der Waals surface area contributed by atoms with Crippen LogP contribution in [-0.4, -0.2) is 49.6 Å². The fourth-order valence-corrected chi connectivity index (χ4v) is 3.44. The van der Waals surface area contributed by atoms with E-state index in [4.69, 9.17) is 9.47 Å². The number of para-hydroxylation sites is 1. The summed E-state index contributed by atoms with van der Waals surface area (Å²) in [4.78, 5) is 26.9. The van der Waals surface area contributed by atoms with Gasteiger partial charge in [-0.15, -0.1) is 0 Å². The average Bonchev–Trinajstić information content (AvgIpc) is 2.72. The zero-order chi connectivity index (χ0) is 20.8. The number of ether oxygens (including phenoxy) is 2. The van der Waals surface area contributed by atoms with E-state index < -0.39 is 0 Å². The number of morpholine rings is 1. The van der Waals surface area contributed by atoms with Gasteiger partial charge in [-0.1, -0.05) is 32.0 Å². The van der Waals surface area contributed by atoms with Crippen molar-refractivity contribution < 1.29 is 19.1 Å². The molecule has 1 heterocycles. The molecular weight excluding hydrogens is 368 g/mol. The Morgan fingerprint density at radius 1 is 1.14 bits per heavy atom. The van der Waals surface area contributed by atoms with E-state index in [0.717, 1.165) is 5.56 Å². The first kappa shape index (κ1) is 20.9. The highest BCUT2D eigenvalue weighted by molar-refractivity contribution is 6.04. The molecular formula is C23H28N2O4. The van der Waals surface area contributed by atoms with E-state index in [-0.39, 0.29) is 18.4 Å². The van der Waals surface area contributed by atoms with Crippen LogP contribution in [0.2, 0.25) is 0 Å². The fraction of sp³-hybridized carbons (Fsp3) is 0.391. The van der Waals surface area contributed by atoms with Gasteiger partial charge in [0.1, 0.15) is 5.75 Å². The van der Waals surface area contributed by atoms with Gasteiger partial charge in [-0.05, 0) is 48.2 Å². The fourth-order valence-electron chi connectivity index (χ4n) is 3.44. The number of benzene rings is 2. The Bertz CT molecular complexity index is 873. The van der Waals surface area contributed by atoms with E-state index in [0.29, 0.717) is 49.2 Å². The van der Waals surface area contributed by atoms with Crippen LogP contribution >= 0.6 is 0 Å². The van der Waals surface area contributed by atoms with Gasteiger partial charge in [0.25, 0.3) is 11.8 Å². The highest BCUT2D eigenvalue weighted by atomic mass is 16.5. The maximum Gasteiger partial charge on any atom is 0.262 e. The molecule has 2 amide bonds. The van der Waals surface area contributed by atoms with Gasteiger partial charge in [-0.25, -0.2) is 0 Å². The van der Waals surface area contributed by atoms with Crippen molar-refractivity contribution in [2.24, 2.45) is 0 Å². The molecule has 0 radical (unpaired) electrons. The Labute approximate surface area is 171 Å². The summed E-state index contributed by atoms with van der Waals surface area (Å²) < 4.78 is 11.0. The SMILES string of the molecule is Cc1cc(OCC(=O)Nc2ccccc2C(=O)N2CCOCC2)ccc1C(C)C. The van der Waals surface area contributed by atoms with Gasteiger partial charge in [0.15, 0.2) is 6.61 Å². The molecule has 0 bridgehead atoms. The second-order valence-corrected chi connectivity index (χ2v) is 7.46. The standard InChI is InChI=1S/C23H28N2O4/c1-16(2)19-9-8-18(14-17(19)3)29-15-22(26)24-21-7-5-4-6-20(21)23(27)25-10-12-28-13-11-25/h4-9,14,16H,10-13,15H2,1-3H3,(H,24,26). The molecule has 1 aliphatic heterocycles. The molecule has 6 nitrogen and oxygen atoms in total. The van der Waals surface area contributed by atoms with Gasteiger partial charge < -0.3 is 19.7 Å². The first-order valence-corrected chi connectivity index (χ1v) is 9.95. The third kappa shape index (κ3) is 5.35. The van der Waals surface area contributed by atoms with Crippen molar-refractivity contribution in [2.45, 2.75) is 26.7 Å². The van der Waals surface area contributed by atoms with E-state index >= 15 is 0 Å². The summed E-state index contributed by atoms with van der Waals surface area (Å²) in [5.41, 5.74) is 3.36. The monoisotopic (exact) mass is 396 g/mol. The molecule has 3 rings (SSSR count). The van der Waals surface area contributed by atoms with Crippen molar-refractivity contribution in [2.75, 3.05) is 38.2 Å². The molecule has 1 N–H and O–H groups in total. The summed E-state index contributed by atoms with van der Waals surface area (Å²) in [7, 11) is 0. The predicted octanol–water partition coefficient (Wildman–Crippen LogP) is 3.61. The molecule has 1 aliphatic rings. The third-order valence-electron chi connectivity index (χ3n) is 4.96. The Balaban J connectivity index is 1.62. The van der Waals surface area contributed by atoms with Crippen molar-refractivity contribution >= 4 is 17.5 Å². The van der Waals surface area contributed by atoms with Crippen molar-refractivity contribution in [3.8, 4) is 5.75 Å². The summed E-state index contributed by atoms with van der Waals surface area (Å²) in [6.45, 7) is 8.37. The van der Waals surface area contributed by atoms with E-state index in [2.05, 4.69) is 19.2 Å². The molecule has 29 heavy (non-hydrogen) atoms. The summed E-state index contributed by atoms with van der Waals surface area (Å²) >= 11 is 0. The lowest BCUT2D eigenvalue weighted by atomic mass is 9.98. The number of hydrogen-bond acceptors (Lipinski definition) is 4. The van der Waals surface area contributed by atoms with E-state index in [1.54, 1.807) is 29.2 Å². The minimum Gasteiger partial charge on any atom is -0.484 e. The maximum atomic E-state index is 12.8. The van der Waals surface area contributed by atoms with Gasteiger partial charge >= 0.3 is 0 Å². The highest BCUT2D eigenvalue weighted by Gasteiger charge is 2.21. The lowest BCUT2D eigenvalue weighted by Gasteiger charge is -2.27. The Kier molecular flexibility index (Phi) is 6.88. The van der Waals surface area contributed by atoms with Crippen LogP contribution in [0.15, 0.2) is 42.5 Å². The zero-order valence-corrected chi connectivity index (χ0v) is 17.2. The lowest BCUT2D eigenvalue weighted by molar-refractivity contribution is -0.118. The number of carbonyl (C=O) groups is 2. The number of rotatable bonds is 6. The van der Waals surface area contributed by atoms with E-state index in [9.17, 15) is 9.59 Å². The Hall–Kier alpha value is -2.86. The Morgan fingerprint density at radius 2 is 1.86 bits per heavy atom. The van der Waals surface area contributed by atoms with Gasteiger partial charge in [0.2, 0.25) is 0 Å². The quantitative estimate of drug-likeness (QED) is 0.810. The third-order valence-corrected chi connectivity index (χ3v) is 4.96. The smallest absolute Gasteiger partial charge is 0.262 e. The summed E-state index contributed by atoms with van der Waals surface area (Å²) in [6.07, 6.45) is 0. The molecule has 0 atom stereocenters. The number of amides is 2. The molecule has 2 aromatic rings. The predicted molar refractivity (Wildman–Crippen MR) is 113 cm³/mol.